The Labute approximate surface area is 138 Å². The lowest BCUT2D eigenvalue weighted by atomic mass is 10.1. The number of hydrogen-bond acceptors (Lipinski definition) is 4. The number of rotatable bonds is 6. The van der Waals surface area contributed by atoms with Crippen molar-refractivity contribution in [2.45, 2.75) is 20.3 Å². The topological polar surface area (TPSA) is 66.9 Å². The molecule has 22 heavy (non-hydrogen) atoms. The number of nitrogens with zero attached hydrogens (tertiary/aromatic N) is 2. The molecule has 1 amide bonds. The van der Waals surface area contributed by atoms with Gasteiger partial charge in [0.25, 0.3) is 5.91 Å². The van der Waals surface area contributed by atoms with Crippen LogP contribution < -0.4 is 10.6 Å². The summed E-state index contributed by atoms with van der Waals surface area (Å²) in [6.45, 7) is 5.10. The summed E-state index contributed by atoms with van der Waals surface area (Å²) in [5, 5.41) is 5.94. The second-order valence-electron chi connectivity index (χ2n) is 5.34. The van der Waals surface area contributed by atoms with Crippen LogP contribution in [0.4, 0.5) is 11.6 Å². The van der Waals surface area contributed by atoms with E-state index in [-0.39, 0.29) is 5.91 Å². The molecule has 2 aromatic rings. The second-order valence-corrected chi connectivity index (χ2v) is 6.25. The van der Waals surface area contributed by atoms with Gasteiger partial charge in [0.2, 0.25) is 5.95 Å². The minimum Gasteiger partial charge on any atom is -0.354 e. The molecule has 0 saturated heterocycles. The van der Waals surface area contributed by atoms with Crippen LogP contribution in [0.1, 0.15) is 30.8 Å². The monoisotopic (exact) mass is 362 g/mol. The van der Waals surface area contributed by atoms with Gasteiger partial charge in [0.15, 0.2) is 0 Å². The molecule has 0 aliphatic rings. The van der Waals surface area contributed by atoms with Gasteiger partial charge in [-0.05, 0) is 42.7 Å². The van der Waals surface area contributed by atoms with E-state index in [0.29, 0.717) is 17.6 Å². The maximum Gasteiger partial charge on any atom is 0.274 e. The van der Waals surface area contributed by atoms with Crippen molar-refractivity contribution in [2.75, 3.05) is 17.2 Å². The van der Waals surface area contributed by atoms with E-state index in [2.05, 4.69) is 50.4 Å². The van der Waals surface area contributed by atoms with E-state index in [1.165, 1.54) is 0 Å². The minimum atomic E-state index is -0.253. The van der Waals surface area contributed by atoms with Crippen molar-refractivity contribution in [2.24, 2.45) is 5.92 Å². The summed E-state index contributed by atoms with van der Waals surface area (Å²) in [5.74, 6) is 0.831. The molecular formula is C16H19BrN4O. The smallest absolute Gasteiger partial charge is 0.274 e. The third-order valence-corrected chi connectivity index (χ3v) is 3.52. The second kappa shape index (κ2) is 7.89. The first-order valence-corrected chi connectivity index (χ1v) is 7.98. The molecule has 0 spiro atoms. The van der Waals surface area contributed by atoms with Crippen LogP contribution in [0.15, 0.2) is 41.0 Å². The summed E-state index contributed by atoms with van der Waals surface area (Å²) >= 11 is 3.36. The molecule has 2 N–H and O–H groups in total. The zero-order chi connectivity index (χ0) is 15.9. The molecule has 1 aromatic heterocycles. The van der Waals surface area contributed by atoms with Crippen LogP contribution in [0.2, 0.25) is 0 Å². The first-order chi connectivity index (χ1) is 10.5. The van der Waals surface area contributed by atoms with Gasteiger partial charge in [-0.15, -0.1) is 0 Å². The maximum atomic E-state index is 12.2. The molecule has 1 heterocycles. The molecule has 1 aromatic carbocycles. The van der Waals surface area contributed by atoms with Gasteiger partial charge in [-0.2, -0.15) is 0 Å². The molecule has 2 rings (SSSR count). The van der Waals surface area contributed by atoms with E-state index in [4.69, 9.17) is 0 Å². The highest BCUT2D eigenvalue weighted by molar-refractivity contribution is 9.10. The maximum absolute atomic E-state index is 12.2. The molecule has 6 heteroatoms. The molecule has 0 fully saturated rings. The third kappa shape index (κ3) is 5.11. The van der Waals surface area contributed by atoms with Crippen LogP contribution in [0.3, 0.4) is 0 Å². The number of halogens is 1. The molecule has 0 radical (unpaired) electrons. The number of nitrogens with one attached hydrogen (secondary N) is 2. The fourth-order valence-electron chi connectivity index (χ4n) is 1.77. The third-order valence-electron chi connectivity index (χ3n) is 3.00. The highest BCUT2D eigenvalue weighted by Crippen LogP contribution is 2.15. The largest absolute Gasteiger partial charge is 0.354 e. The number of carbonyl (C=O) groups excluding carboxylic acids is 1. The van der Waals surface area contributed by atoms with Gasteiger partial charge < -0.3 is 10.6 Å². The van der Waals surface area contributed by atoms with Crippen LogP contribution in [-0.4, -0.2) is 22.4 Å². The van der Waals surface area contributed by atoms with E-state index in [0.717, 1.165) is 23.1 Å². The molecular weight excluding hydrogens is 344 g/mol. The average Bonchev–Trinajstić information content (AvgIpc) is 2.49. The Hall–Kier alpha value is -1.95. The highest BCUT2D eigenvalue weighted by atomic mass is 79.9. The molecule has 0 aliphatic carbocycles. The Morgan fingerprint density at radius 2 is 1.95 bits per heavy atom. The van der Waals surface area contributed by atoms with E-state index in [1.54, 1.807) is 12.3 Å². The first kappa shape index (κ1) is 16.4. The molecule has 116 valence electrons. The van der Waals surface area contributed by atoms with E-state index >= 15 is 0 Å². The SMILES string of the molecule is CC(C)CCNc1nccc(C(=O)Nc2ccc(Br)cc2)n1. The van der Waals surface area contributed by atoms with Crippen LogP contribution in [0.25, 0.3) is 0 Å². The minimum absolute atomic E-state index is 0.253. The Balaban J connectivity index is 1.99. The predicted molar refractivity (Wildman–Crippen MR) is 92.1 cm³/mol. The van der Waals surface area contributed by atoms with Crippen LogP contribution in [0, 0.1) is 5.92 Å². The van der Waals surface area contributed by atoms with Crippen molar-refractivity contribution in [3.63, 3.8) is 0 Å². The van der Waals surface area contributed by atoms with Gasteiger partial charge in [0, 0.05) is 22.9 Å². The summed E-state index contributed by atoms with van der Waals surface area (Å²) in [7, 11) is 0. The predicted octanol–water partition coefficient (Wildman–Crippen LogP) is 3.95. The molecule has 0 aliphatic heterocycles. The average molecular weight is 363 g/mol. The van der Waals surface area contributed by atoms with E-state index in [1.807, 2.05) is 24.3 Å². The van der Waals surface area contributed by atoms with E-state index < -0.39 is 0 Å². The Morgan fingerprint density at radius 3 is 2.64 bits per heavy atom. The molecule has 0 atom stereocenters. The standard InChI is InChI=1S/C16H19BrN4O/c1-11(2)7-9-18-16-19-10-8-14(21-16)15(22)20-13-5-3-12(17)4-6-13/h3-6,8,10-11H,7,9H2,1-2H3,(H,20,22)(H,18,19,21). The first-order valence-electron chi connectivity index (χ1n) is 7.18. The van der Waals surface area contributed by atoms with Crippen molar-refractivity contribution < 1.29 is 4.79 Å². The number of amides is 1. The number of hydrogen-bond donors (Lipinski definition) is 2. The van der Waals surface area contributed by atoms with Crippen molar-refractivity contribution in [1.82, 2.24) is 9.97 Å². The van der Waals surface area contributed by atoms with Gasteiger partial charge in [-0.1, -0.05) is 29.8 Å². The Bertz CT molecular complexity index is 628. The fourth-order valence-corrected chi connectivity index (χ4v) is 2.04. The summed E-state index contributed by atoms with van der Waals surface area (Å²) in [6.07, 6.45) is 2.61. The number of anilines is 2. The fraction of sp³-hybridized carbons (Fsp3) is 0.312. The normalized spacial score (nSPS) is 10.5. The zero-order valence-corrected chi connectivity index (χ0v) is 14.2. The lowest BCUT2D eigenvalue weighted by Crippen LogP contribution is -2.15. The van der Waals surface area contributed by atoms with Gasteiger partial charge in [-0.3, -0.25) is 4.79 Å². The van der Waals surface area contributed by atoms with Crippen molar-refractivity contribution in [3.05, 3.63) is 46.7 Å². The summed E-state index contributed by atoms with van der Waals surface area (Å²) in [4.78, 5) is 20.6. The van der Waals surface area contributed by atoms with E-state index in [9.17, 15) is 4.79 Å². The van der Waals surface area contributed by atoms with Crippen molar-refractivity contribution in [3.8, 4) is 0 Å². The van der Waals surface area contributed by atoms with Gasteiger partial charge in [-0.25, -0.2) is 9.97 Å². The van der Waals surface area contributed by atoms with Crippen molar-refractivity contribution in [1.29, 1.82) is 0 Å². The molecule has 0 unspecified atom stereocenters. The molecule has 0 bridgehead atoms. The zero-order valence-electron chi connectivity index (χ0n) is 12.6. The Kier molecular flexibility index (Phi) is 5.89. The summed E-state index contributed by atoms with van der Waals surface area (Å²) < 4.78 is 0.962. The molecule has 0 saturated carbocycles. The Morgan fingerprint density at radius 1 is 1.23 bits per heavy atom. The van der Waals surface area contributed by atoms with Gasteiger partial charge in [0.1, 0.15) is 5.69 Å². The van der Waals surface area contributed by atoms with Gasteiger partial charge in [0.05, 0.1) is 0 Å². The lowest BCUT2D eigenvalue weighted by molar-refractivity contribution is 0.102. The molecule has 5 nitrogen and oxygen atoms in total. The van der Waals surface area contributed by atoms with Crippen LogP contribution in [0.5, 0.6) is 0 Å². The number of benzene rings is 1. The highest BCUT2D eigenvalue weighted by Gasteiger charge is 2.09. The van der Waals surface area contributed by atoms with Crippen molar-refractivity contribution >= 4 is 33.5 Å². The summed E-state index contributed by atoms with van der Waals surface area (Å²) in [6, 6.07) is 8.99. The quantitative estimate of drug-likeness (QED) is 0.816. The lowest BCUT2D eigenvalue weighted by Gasteiger charge is -2.08. The summed E-state index contributed by atoms with van der Waals surface area (Å²) in [5.41, 5.74) is 1.06. The number of carbonyl (C=O) groups is 1. The van der Waals surface area contributed by atoms with Gasteiger partial charge >= 0.3 is 0 Å². The number of aromatic nitrogens is 2. The van der Waals surface area contributed by atoms with Crippen LogP contribution in [-0.2, 0) is 0 Å². The van der Waals surface area contributed by atoms with Crippen LogP contribution >= 0.6 is 15.9 Å².